The van der Waals surface area contributed by atoms with E-state index in [1.54, 1.807) is 35.1 Å². The van der Waals surface area contributed by atoms with E-state index in [1.807, 2.05) is 60.7 Å². The number of nitrogens with zero attached hydrogens (tertiary/aromatic N) is 2. The molecule has 1 heterocycles. The third-order valence-corrected chi connectivity index (χ3v) is 4.94. The summed E-state index contributed by atoms with van der Waals surface area (Å²) in [5.41, 5.74) is 3.29. The number of benzene rings is 3. The first-order chi connectivity index (χ1) is 16.1. The van der Waals surface area contributed by atoms with Crippen LogP contribution in [0.15, 0.2) is 91.1 Å². The van der Waals surface area contributed by atoms with Gasteiger partial charge >= 0.3 is 5.97 Å². The molecule has 166 valence electrons. The van der Waals surface area contributed by atoms with E-state index in [2.05, 4.69) is 10.4 Å². The molecule has 0 atom stereocenters. The van der Waals surface area contributed by atoms with Gasteiger partial charge in [0, 0.05) is 11.9 Å². The number of aromatic nitrogens is 2. The number of esters is 1. The summed E-state index contributed by atoms with van der Waals surface area (Å²) in [5, 5.41) is 7.34. The third kappa shape index (κ3) is 5.65. The molecule has 0 aliphatic rings. The quantitative estimate of drug-likeness (QED) is 0.406. The van der Waals surface area contributed by atoms with Crippen LogP contribution in [0.2, 0.25) is 0 Å². The van der Waals surface area contributed by atoms with Crippen molar-refractivity contribution >= 4 is 17.6 Å². The number of ether oxygens (including phenoxy) is 2. The van der Waals surface area contributed by atoms with Gasteiger partial charge in [0.1, 0.15) is 12.2 Å². The number of hydrogen-bond acceptors (Lipinski definition) is 5. The normalized spacial score (nSPS) is 10.5. The van der Waals surface area contributed by atoms with Gasteiger partial charge in [-0.1, -0.05) is 60.7 Å². The second kappa shape index (κ2) is 10.3. The van der Waals surface area contributed by atoms with Crippen molar-refractivity contribution in [3.8, 4) is 5.88 Å². The summed E-state index contributed by atoms with van der Waals surface area (Å²) in [4.78, 5) is 24.7. The Morgan fingerprint density at radius 3 is 2.15 bits per heavy atom. The molecule has 4 aromatic rings. The van der Waals surface area contributed by atoms with Crippen LogP contribution in [0.1, 0.15) is 31.8 Å². The van der Waals surface area contributed by atoms with E-state index < -0.39 is 5.97 Å². The Balaban J connectivity index is 1.54. The number of anilines is 1. The molecule has 0 saturated heterocycles. The molecule has 3 aromatic carbocycles. The molecule has 0 radical (unpaired) electrons. The Labute approximate surface area is 191 Å². The lowest BCUT2D eigenvalue weighted by Gasteiger charge is -2.07. The first-order valence-electron chi connectivity index (χ1n) is 10.4. The van der Waals surface area contributed by atoms with E-state index in [4.69, 9.17) is 9.47 Å². The molecule has 0 bridgehead atoms. The summed E-state index contributed by atoms with van der Waals surface area (Å²) < 4.78 is 12.3. The minimum absolute atomic E-state index is 0.249. The Morgan fingerprint density at radius 1 is 0.879 bits per heavy atom. The Morgan fingerprint density at radius 2 is 1.52 bits per heavy atom. The summed E-state index contributed by atoms with van der Waals surface area (Å²) in [5.74, 6) is -0.548. The second-order valence-electron chi connectivity index (χ2n) is 7.33. The number of nitrogens with one attached hydrogen (secondary N) is 1. The Kier molecular flexibility index (Phi) is 6.80. The fourth-order valence-corrected chi connectivity index (χ4v) is 3.25. The van der Waals surface area contributed by atoms with Crippen LogP contribution in [-0.4, -0.2) is 28.8 Å². The van der Waals surface area contributed by atoms with Gasteiger partial charge in [0.05, 0.1) is 19.2 Å². The second-order valence-corrected chi connectivity index (χ2v) is 7.33. The first-order valence-corrected chi connectivity index (χ1v) is 10.4. The predicted octanol–water partition coefficient (Wildman–Crippen LogP) is 4.55. The fourth-order valence-electron chi connectivity index (χ4n) is 3.25. The monoisotopic (exact) mass is 441 g/mol. The minimum atomic E-state index is -0.438. The summed E-state index contributed by atoms with van der Waals surface area (Å²) in [7, 11) is 1.32. The zero-order chi connectivity index (χ0) is 23.0. The molecular weight excluding hydrogens is 418 g/mol. The molecule has 0 spiro atoms. The van der Waals surface area contributed by atoms with E-state index in [9.17, 15) is 9.59 Å². The highest BCUT2D eigenvalue weighted by molar-refractivity contribution is 6.06. The van der Waals surface area contributed by atoms with Gasteiger partial charge in [0.25, 0.3) is 5.91 Å². The van der Waals surface area contributed by atoms with Gasteiger partial charge in [-0.3, -0.25) is 9.48 Å². The van der Waals surface area contributed by atoms with E-state index in [-0.39, 0.29) is 18.4 Å². The zero-order valence-electron chi connectivity index (χ0n) is 18.1. The van der Waals surface area contributed by atoms with Crippen molar-refractivity contribution in [2.24, 2.45) is 0 Å². The Bertz CT molecular complexity index is 1220. The highest BCUT2D eigenvalue weighted by Gasteiger charge is 2.19. The summed E-state index contributed by atoms with van der Waals surface area (Å²) in [6.07, 6.45) is 1.67. The largest absolute Gasteiger partial charge is 0.471 e. The minimum Gasteiger partial charge on any atom is -0.471 e. The van der Waals surface area contributed by atoms with Gasteiger partial charge in [0.2, 0.25) is 5.88 Å². The van der Waals surface area contributed by atoms with Crippen molar-refractivity contribution in [1.29, 1.82) is 0 Å². The fraction of sp³-hybridized carbons (Fsp3) is 0.115. The molecule has 1 aromatic heterocycles. The maximum absolute atomic E-state index is 13.1. The highest BCUT2D eigenvalue weighted by atomic mass is 16.5. The van der Waals surface area contributed by atoms with E-state index in [0.29, 0.717) is 23.4 Å². The van der Waals surface area contributed by atoms with Gasteiger partial charge in [-0.2, -0.15) is 0 Å². The smallest absolute Gasteiger partial charge is 0.337 e. The van der Waals surface area contributed by atoms with E-state index >= 15 is 0 Å². The van der Waals surface area contributed by atoms with Crippen LogP contribution in [0.4, 0.5) is 5.69 Å². The highest BCUT2D eigenvalue weighted by Crippen LogP contribution is 2.21. The molecule has 0 aliphatic carbocycles. The average Bonchev–Trinajstić information content (AvgIpc) is 3.26. The first kappa shape index (κ1) is 21.8. The van der Waals surface area contributed by atoms with Crippen molar-refractivity contribution in [2.75, 3.05) is 12.4 Å². The topological polar surface area (TPSA) is 82.5 Å². The lowest BCUT2D eigenvalue weighted by molar-refractivity contribution is 0.0600. The van der Waals surface area contributed by atoms with Crippen molar-refractivity contribution in [3.05, 3.63) is 113 Å². The van der Waals surface area contributed by atoms with Crippen LogP contribution >= 0.6 is 0 Å². The molecular formula is C26H23N3O4. The molecule has 0 aliphatic heterocycles. The summed E-state index contributed by atoms with van der Waals surface area (Å²) in [6, 6.07) is 26.0. The van der Waals surface area contributed by atoms with Crippen LogP contribution in [0, 0.1) is 0 Å². The van der Waals surface area contributed by atoms with Crippen molar-refractivity contribution in [2.45, 2.75) is 13.2 Å². The molecule has 1 amide bonds. The molecule has 7 heteroatoms. The Hall–Kier alpha value is -4.39. The maximum atomic E-state index is 13.1. The molecule has 0 saturated carbocycles. The number of amides is 1. The van der Waals surface area contributed by atoms with Crippen LogP contribution in [-0.2, 0) is 17.9 Å². The molecule has 1 N–H and O–H groups in total. The number of methoxy groups -OCH3 is 1. The SMILES string of the molecule is COC(=O)c1ccc(NC(=O)c2cn(Cc3ccccc3)nc2OCc2ccccc2)cc1. The van der Waals surface area contributed by atoms with Crippen molar-refractivity contribution in [1.82, 2.24) is 9.78 Å². The summed E-state index contributed by atoms with van der Waals surface area (Å²) >= 11 is 0. The third-order valence-electron chi connectivity index (χ3n) is 4.94. The van der Waals surface area contributed by atoms with Crippen molar-refractivity contribution < 1.29 is 19.1 Å². The molecule has 0 fully saturated rings. The maximum Gasteiger partial charge on any atom is 0.337 e. The average molecular weight is 441 g/mol. The number of carbonyl (C=O) groups excluding carboxylic acids is 2. The number of carbonyl (C=O) groups is 2. The lowest BCUT2D eigenvalue weighted by Crippen LogP contribution is -2.13. The van der Waals surface area contributed by atoms with Crippen LogP contribution in [0.5, 0.6) is 5.88 Å². The lowest BCUT2D eigenvalue weighted by atomic mass is 10.2. The summed E-state index contributed by atoms with van der Waals surface area (Å²) in [6.45, 7) is 0.793. The predicted molar refractivity (Wildman–Crippen MR) is 124 cm³/mol. The number of rotatable bonds is 8. The van der Waals surface area contributed by atoms with Crippen LogP contribution < -0.4 is 10.1 Å². The molecule has 4 rings (SSSR count). The standard InChI is InChI=1S/C26H23N3O4/c1-32-26(31)21-12-14-22(15-13-21)27-24(30)23-17-29(16-19-8-4-2-5-9-19)28-25(23)33-18-20-10-6-3-7-11-20/h2-15,17H,16,18H2,1H3,(H,27,30). The van der Waals surface area contributed by atoms with Crippen molar-refractivity contribution in [3.63, 3.8) is 0 Å². The van der Waals surface area contributed by atoms with Crippen LogP contribution in [0.25, 0.3) is 0 Å². The van der Waals surface area contributed by atoms with Gasteiger partial charge in [-0.15, -0.1) is 5.10 Å². The molecule has 7 nitrogen and oxygen atoms in total. The molecule has 0 unspecified atom stereocenters. The van der Waals surface area contributed by atoms with E-state index in [0.717, 1.165) is 11.1 Å². The van der Waals surface area contributed by atoms with Gasteiger partial charge in [0.15, 0.2) is 0 Å². The van der Waals surface area contributed by atoms with Gasteiger partial charge < -0.3 is 14.8 Å². The van der Waals surface area contributed by atoms with Gasteiger partial charge in [-0.25, -0.2) is 4.79 Å². The van der Waals surface area contributed by atoms with Crippen LogP contribution in [0.3, 0.4) is 0 Å². The zero-order valence-corrected chi connectivity index (χ0v) is 18.1. The van der Waals surface area contributed by atoms with Gasteiger partial charge in [-0.05, 0) is 35.4 Å². The van der Waals surface area contributed by atoms with E-state index in [1.165, 1.54) is 7.11 Å². The number of hydrogen-bond donors (Lipinski definition) is 1. The molecule has 33 heavy (non-hydrogen) atoms.